The third-order valence-electron chi connectivity index (χ3n) is 3.01. The van der Waals surface area contributed by atoms with Crippen molar-refractivity contribution >= 4 is 0 Å². The van der Waals surface area contributed by atoms with Gasteiger partial charge in [0.15, 0.2) is 5.82 Å². The van der Waals surface area contributed by atoms with Crippen LogP contribution in [0.5, 0.6) is 0 Å². The molecule has 0 amide bonds. The summed E-state index contributed by atoms with van der Waals surface area (Å²) in [7, 11) is 1.81. The Morgan fingerprint density at radius 2 is 1.85 bits per heavy atom. The summed E-state index contributed by atoms with van der Waals surface area (Å²) in [6.07, 6.45) is 1.41. The van der Waals surface area contributed by atoms with Gasteiger partial charge in [0.25, 0.3) is 5.56 Å². The van der Waals surface area contributed by atoms with Crippen molar-refractivity contribution in [3.63, 3.8) is 0 Å². The molecular weight excluding hydrogens is 256 g/mol. The van der Waals surface area contributed by atoms with Crippen molar-refractivity contribution in [2.75, 3.05) is 0 Å². The Kier molecular flexibility index (Phi) is 2.83. The Labute approximate surface area is 113 Å². The minimum absolute atomic E-state index is 0.425. The van der Waals surface area contributed by atoms with Crippen LogP contribution in [0.2, 0.25) is 0 Å². The fourth-order valence-electron chi connectivity index (χ4n) is 2.05. The van der Waals surface area contributed by atoms with E-state index in [0.717, 1.165) is 11.3 Å². The van der Waals surface area contributed by atoms with Gasteiger partial charge < -0.3 is 0 Å². The first-order chi connectivity index (χ1) is 9.65. The molecular formula is C14H12N4O2. The van der Waals surface area contributed by atoms with Crippen molar-refractivity contribution in [1.82, 2.24) is 19.3 Å². The highest BCUT2D eigenvalue weighted by Gasteiger charge is 2.09. The third kappa shape index (κ3) is 2.07. The van der Waals surface area contributed by atoms with Gasteiger partial charge in [-0.3, -0.25) is 19.0 Å². The summed E-state index contributed by atoms with van der Waals surface area (Å²) in [5.41, 5.74) is 0.964. The number of aryl methyl sites for hydroxylation is 1. The largest absolute Gasteiger partial charge is 0.334 e. The minimum Gasteiger partial charge on any atom is -0.274 e. The fraction of sp³-hybridized carbons (Fsp3) is 0.0714. The SMILES string of the molecule is Cn1nc(-n2ccc(=O)[nH]c2=O)cc1-c1ccccc1. The molecule has 0 aliphatic carbocycles. The fourth-order valence-corrected chi connectivity index (χ4v) is 2.05. The lowest BCUT2D eigenvalue weighted by molar-refractivity contribution is 0.745. The topological polar surface area (TPSA) is 72.7 Å². The van der Waals surface area contributed by atoms with Crippen molar-refractivity contribution in [1.29, 1.82) is 0 Å². The van der Waals surface area contributed by atoms with Gasteiger partial charge >= 0.3 is 5.69 Å². The smallest absolute Gasteiger partial charge is 0.274 e. The van der Waals surface area contributed by atoms with Crippen molar-refractivity contribution in [2.45, 2.75) is 0 Å². The highest BCUT2D eigenvalue weighted by Crippen LogP contribution is 2.20. The molecule has 6 heteroatoms. The molecule has 3 rings (SSSR count). The summed E-state index contributed by atoms with van der Waals surface area (Å²) in [6.45, 7) is 0. The number of aromatic amines is 1. The van der Waals surface area contributed by atoms with Crippen molar-refractivity contribution in [3.05, 3.63) is 69.5 Å². The predicted molar refractivity (Wildman–Crippen MR) is 74.9 cm³/mol. The van der Waals surface area contributed by atoms with Crippen LogP contribution in [-0.4, -0.2) is 19.3 Å². The molecule has 0 unspecified atom stereocenters. The van der Waals surface area contributed by atoms with Crippen molar-refractivity contribution < 1.29 is 0 Å². The third-order valence-corrected chi connectivity index (χ3v) is 3.01. The molecule has 0 aliphatic rings. The van der Waals surface area contributed by atoms with E-state index < -0.39 is 11.2 Å². The van der Waals surface area contributed by atoms with Crippen LogP contribution >= 0.6 is 0 Å². The molecule has 6 nitrogen and oxygen atoms in total. The van der Waals surface area contributed by atoms with Gasteiger partial charge in [-0.25, -0.2) is 4.79 Å². The Bertz CT molecular complexity index is 859. The van der Waals surface area contributed by atoms with Gasteiger partial charge in [-0.1, -0.05) is 30.3 Å². The van der Waals surface area contributed by atoms with Gasteiger partial charge in [0.05, 0.1) is 5.69 Å². The van der Waals surface area contributed by atoms with Crippen LogP contribution in [0.15, 0.2) is 58.3 Å². The first-order valence-electron chi connectivity index (χ1n) is 6.07. The predicted octanol–water partition coefficient (Wildman–Crippen LogP) is 0.926. The average molecular weight is 268 g/mol. The normalized spacial score (nSPS) is 10.7. The van der Waals surface area contributed by atoms with Gasteiger partial charge in [0.1, 0.15) is 0 Å². The van der Waals surface area contributed by atoms with E-state index in [-0.39, 0.29) is 0 Å². The number of benzene rings is 1. The number of hydrogen-bond acceptors (Lipinski definition) is 3. The molecule has 1 aromatic carbocycles. The zero-order valence-corrected chi connectivity index (χ0v) is 10.8. The van der Waals surface area contributed by atoms with Crippen molar-refractivity contribution in [2.24, 2.45) is 7.05 Å². The van der Waals surface area contributed by atoms with Crippen LogP contribution in [-0.2, 0) is 7.05 Å². The van der Waals surface area contributed by atoms with Crippen LogP contribution in [0.25, 0.3) is 17.1 Å². The number of rotatable bonds is 2. The molecule has 0 fully saturated rings. The Balaban J connectivity index is 2.14. The Hall–Kier alpha value is -2.89. The molecule has 2 aromatic heterocycles. The lowest BCUT2D eigenvalue weighted by Gasteiger charge is -1.99. The van der Waals surface area contributed by atoms with Crippen LogP contribution in [0, 0.1) is 0 Å². The summed E-state index contributed by atoms with van der Waals surface area (Å²) in [4.78, 5) is 25.0. The van der Waals surface area contributed by atoms with Crippen LogP contribution in [0.4, 0.5) is 0 Å². The van der Waals surface area contributed by atoms with E-state index in [1.165, 1.54) is 16.8 Å². The summed E-state index contributed by atoms with van der Waals surface area (Å²) in [5, 5.41) is 4.31. The first kappa shape index (κ1) is 12.2. The summed E-state index contributed by atoms with van der Waals surface area (Å²) in [6, 6.07) is 12.8. The number of hydrogen-bond donors (Lipinski definition) is 1. The van der Waals surface area contributed by atoms with E-state index in [0.29, 0.717) is 5.82 Å². The van der Waals surface area contributed by atoms with E-state index in [2.05, 4.69) is 10.1 Å². The molecule has 2 heterocycles. The maximum absolute atomic E-state index is 11.8. The zero-order chi connectivity index (χ0) is 14.1. The number of aromatic nitrogens is 4. The average Bonchev–Trinajstić information content (AvgIpc) is 2.81. The maximum atomic E-state index is 11.8. The van der Waals surface area contributed by atoms with E-state index in [1.807, 2.05) is 37.4 Å². The van der Waals surface area contributed by atoms with E-state index in [9.17, 15) is 9.59 Å². The molecule has 0 atom stereocenters. The molecule has 3 aromatic rings. The van der Waals surface area contributed by atoms with Crippen LogP contribution < -0.4 is 11.2 Å². The summed E-state index contributed by atoms with van der Waals surface area (Å²) >= 11 is 0. The number of H-pyrrole nitrogens is 1. The summed E-state index contributed by atoms with van der Waals surface area (Å²) in [5.74, 6) is 0.465. The van der Waals surface area contributed by atoms with Gasteiger partial charge in [0, 0.05) is 25.4 Å². The highest BCUT2D eigenvalue weighted by atomic mass is 16.2. The Morgan fingerprint density at radius 3 is 2.55 bits per heavy atom. The molecule has 1 N–H and O–H groups in total. The minimum atomic E-state index is -0.504. The van der Waals surface area contributed by atoms with E-state index >= 15 is 0 Å². The van der Waals surface area contributed by atoms with Gasteiger partial charge in [-0.2, -0.15) is 5.10 Å². The number of nitrogens with zero attached hydrogens (tertiary/aromatic N) is 3. The van der Waals surface area contributed by atoms with Crippen LogP contribution in [0.1, 0.15) is 0 Å². The molecule has 100 valence electrons. The van der Waals surface area contributed by atoms with Gasteiger partial charge in [0.2, 0.25) is 0 Å². The second-order valence-corrected chi connectivity index (χ2v) is 4.36. The molecule has 20 heavy (non-hydrogen) atoms. The van der Waals surface area contributed by atoms with E-state index in [1.54, 1.807) is 10.7 Å². The standard InChI is InChI=1S/C14H12N4O2/c1-17-11(10-5-3-2-4-6-10)9-12(16-17)18-8-7-13(19)15-14(18)20/h2-9H,1H3,(H,15,19,20). The van der Waals surface area contributed by atoms with Crippen LogP contribution in [0.3, 0.4) is 0 Å². The lowest BCUT2D eigenvalue weighted by Crippen LogP contribution is -2.27. The highest BCUT2D eigenvalue weighted by molar-refractivity contribution is 5.61. The molecule has 0 saturated carbocycles. The molecule has 0 spiro atoms. The van der Waals surface area contributed by atoms with Gasteiger partial charge in [-0.15, -0.1) is 0 Å². The van der Waals surface area contributed by atoms with E-state index in [4.69, 9.17) is 0 Å². The quantitative estimate of drug-likeness (QED) is 0.751. The first-order valence-corrected chi connectivity index (χ1v) is 6.07. The maximum Gasteiger partial charge on any atom is 0.334 e. The summed E-state index contributed by atoms with van der Waals surface area (Å²) < 4.78 is 3.00. The monoisotopic (exact) mass is 268 g/mol. The lowest BCUT2D eigenvalue weighted by atomic mass is 10.1. The number of nitrogens with one attached hydrogen (secondary N) is 1. The van der Waals surface area contributed by atoms with Gasteiger partial charge in [-0.05, 0) is 5.56 Å². The molecule has 0 saturated heterocycles. The second-order valence-electron chi connectivity index (χ2n) is 4.36. The molecule has 0 bridgehead atoms. The second kappa shape index (κ2) is 4.65. The molecule has 0 radical (unpaired) electrons. The van der Waals surface area contributed by atoms with Crippen molar-refractivity contribution in [3.8, 4) is 17.1 Å². The Morgan fingerprint density at radius 1 is 1.10 bits per heavy atom. The molecule has 0 aliphatic heterocycles. The zero-order valence-electron chi connectivity index (χ0n) is 10.8.